The van der Waals surface area contributed by atoms with Crippen molar-refractivity contribution in [1.82, 2.24) is 10.6 Å². The van der Waals surface area contributed by atoms with Gasteiger partial charge in [0.1, 0.15) is 5.82 Å². The maximum absolute atomic E-state index is 13.4. The fraction of sp³-hybridized carbons (Fsp3) is 0.391. The minimum atomic E-state index is -0.240. The normalized spacial score (nSPS) is 18.4. The Kier molecular flexibility index (Phi) is 5.51. The van der Waals surface area contributed by atoms with E-state index in [1.807, 2.05) is 12.1 Å². The highest BCUT2D eigenvalue weighted by atomic mass is 19.1. The van der Waals surface area contributed by atoms with Crippen molar-refractivity contribution in [3.8, 4) is 0 Å². The van der Waals surface area contributed by atoms with Crippen LogP contribution in [-0.2, 0) is 5.41 Å². The summed E-state index contributed by atoms with van der Waals surface area (Å²) < 4.78 is 13.4. The number of amides is 3. The summed E-state index contributed by atoms with van der Waals surface area (Å²) in [4.78, 5) is 26.2. The minimum Gasteiger partial charge on any atom is -0.351 e. The molecule has 0 aromatic heterocycles. The second-order valence-electron chi connectivity index (χ2n) is 7.96. The molecular weight excluding hydrogens is 369 g/mol. The van der Waals surface area contributed by atoms with Gasteiger partial charge in [0.15, 0.2) is 0 Å². The van der Waals surface area contributed by atoms with Crippen LogP contribution >= 0.6 is 0 Å². The van der Waals surface area contributed by atoms with E-state index in [-0.39, 0.29) is 23.2 Å². The second kappa shape index (κ2) is 8.23. The average Bonchev–Trinajstić information content (AvgIpc) is 3.19. The van der Waals surface area contributed by atoms with E-state index in [0.29, 0.717) is 25.2 Å². The van der Waals surface area contributed by atoms with Gasteiger partial charge >= 0.3 is 6.03 Å². The third-order valence-corrected chi connectivity index (χ3v) is 6.15. The monoisotopic (exact) mass is 395 g/mol. The van der Waals surface area contributed by atoms with Gasteiger partial charge in [-0.2, -0.15) is 0 Å². The number of carbonyl (C=O) groups is 2. The number of halogens is 1. The Morgan fingerprint density at radius 3 is 2.34 bits per heavy atom. The largest absolute Gasteiger partial charge is 0.351 e. The maximum Gasteiger partial charge on any atom is 0.321 e. The Labute approximate surface area is 170 Å². The van der Waals surface area contributed by atoms with Crippen LogP contribution in [0.4, 0.5) is 14.9 Å². The fourth-order valence-electron chi connectivity index (χ4n) is 4.46. The molecule has 2 fully saturated rings. The topological polar surface area (TPSA) is 61.4 Å². The Hall–Kier alpha value is -2.89. The third kappa shape index (κ3) is 4.11. The molecule has 1 heterocycles. The van der Waals surface area contributed by atoms with E-state index in [9.17, 15) is 14.0 Å². The van der Waals surface area contributed by atoms with Crippen LogP contribution in [0.2, 0.25) is 0 Å². The van der Waals surface area contributed by atoms with Gasteiger partial charge in [-0.3, -0.25) is 9.69 Å². The summed E-state index contributed by atoms with van der Waals surface area (Å²) >= 11 is 0. The zero-order chi connectivity index (χ0) is 20.3. The van der Waals surface area contributed by atoms with Gasteiger partial charge in [0.2, 0.25) is 0 Å². The number of nitrogens with one attached hydrogen (secondary N) is 2. The molecule has 6 heteroatoms. The third-order valence-electron chi connectivity index (χ3n) is 6.15. The molecule has 0 bridgehead atoms. The highest BCUT2D eigenvalue weighted by molar-refractivity contribution is 5.97. The van der Waals surface area contributed by atoms with Crippen LogP contribution in [-0.4, -0.2) is 31.6 Å². The van der Waals surface area contributed by atoms with Crippen LogP contribution in [0.15, 0.2) is 48.5 Å². The number of hydrogen-bond donors (Lipinski definition) is 2. The lowest BCUT2D eigenvalue weighted by molar-refractivity contribution is 0.0936. The van der Waals surface area contributed by atoms with Gasteiger partial charge in [-0.15, -0.1) is 0 Å². The first-order valence-corrected chi connectivity index (χ1v) is 10.3. The Morgan fingerprint density at radius 2 is 1.72 bits per heavy atom. The molecule has 2 N–H and O–H groups in total. The highest BCUT2D eigenvalue weighted by Crippen LogP contribution is 2.39. The number of anilines is 1. The lowest BCUT2D eigenvalue weighted by Gasteiger charge is -2.38. The molecule has 1 aliphatic carbocycles. The van der Waals surface area contributed by atoms with Gasteiger partial charge in [0, 0.05) is 36.3 Å². The number of rotatable bonds is 5. The predicted octanol–water partition coefficient (Wildman–Crippen LogP) is 3.99. The van der Waals surface area contributed by atoms with Gasteiger partial charge in [-0.25, -0.2) is 9.18 Å². The van der Waals surface area contributed by atoms with Gasteiger partial charge in [0.05, 0.1) is 0 Å². The zero-order valence-electron chi connectivity index (χ0n) is 16.4. The van der Waals surface area contributed by atoms with Crippen molar-refractivity contribution in [2.24, 2.45) is 0 Å². The summed E-state index contributed by atoms with van der Waals surface area (Å²) in [7, 11) is 0. The van der Waals surface area contributed by atoms with Crippen molar-refractivity contribution in [3.63, 3.8) is 0 Å². The van der Waals surface area contributed by atoms with Crippen LogP contribution < -0.4 is 15.5 Å². The van der Waals surface area contributed by atoms with E-state index in [1.165, 1.54) is 18.6 Å². The average molecular weight is 395 g/mol. The molecule has 5 nitrogen and oxygen atoms in total. The number of hydrogen-bond acceptors (Lipinski definition) is 2. The van der Waals surface area contributed by atoms with Crippen molar-refractivity contribution < 1.29 is 14.0 Å². The molecule has 0 unspecified atom stereocenters. The number of urea groups is 1. The van der Waals surface area contributed by atoms with Gasteiger partial charge in [-0.1, -0.05) is 31.4 Å². The number of nitrogens with zero attached hydrogens (tertiary/aromatic N) is 1. The summed E-state index contributed by atoms with van der Waals surface area (Å²) in [5.74, 6) is -0.370. The number of carbonyl (C=O) groups excluding carboxylic acids is 2. The van der Waals surface area contributed by atoms with Crippen molar-refractivity contribution in [2.45, 2.75) is 37.5 Å². The van der Waals surface area contributed by atoms with E-state index in [2.05, 4.69) is 10.6 Å². The van der Waals surface area contributed by atoms with Crippen molar-refractivity contribution in [1.29, 1.82) is 0 Å². The molecule has 0 atom stereocenters. The Balaban J connectivity index is 1.45. The SMILES string of the molecule is O=C(NCC1(c2ccc(F)cc2)CCCCC1)c1ccc(N2CCNC2=O)cc1. The molecule has 0 radical (unpaired) electrons. The lowest BCUT2D eigenvalue weighted by atomic mass is 9.69. The molecular formula is C23H26FN3O2. The molecule has 3 amide bonds. The van der Waals surface area contributed by atoms with Crippen LogP contribution in [0.5, 0.6) is 0 Å². The van der Waals surface area contributed by atoms with Gasteiger partial charge in [-0.05, 0) is 54.8 Å². The van der Waals surface area contributed by atoms with Crippen LogP contribution in [0.3, 0.4) is 0 Å². The van der Waals surface area contributed by atoms with E-state index >= 15 is 0 Å². The smallest absolute Gasteiger partial charge is 0.321 e. The van der Waals surface area contributed by atoms with E-state index in [0.717, 1.165) is 36.9 Å². The molecule has 1 saturated carbocycles. The van der Waals surface area contributed by atoms with Crippen molar-refractivity contribution in [3.05, 3.63) is 65.5 Å². The molecule has 0 spiro atoms. The molecule has 2 aromatic rings. The lowest BCUT2D eigenvalue weighted by Crippen LogP contribution is -2.42. The van der Waals surface area contributed by atoms with Gasteiger partial charge in [0.25, 0.3) is 5.91 Å². The summed E-state index contributed by atoms with van der Waals surface area (Å²) in [6.07, 6.45) is 5.39. The summed E-state index contributed by atoms with van der Waals surface area (Å²) in [6.45, 7) is 1.80. The van der Waals surface area contributed by atoms with Gasteiger partial charge < -0.3 is 10.6 Å². The standard InChI is InChI=1S/C23H26FN3O2/c24-19-8-6-18(7-9-19)23(12-2-1-3-13-23)16-26-21(28)17-4-10-20(11-5-17)27-15-14-25-22(27)29/h4-11H,1-3,12-16H2,(H,25,29)(H,26,28). The summed E-state index contributed by atoms with van der Waals surface area (Å²) in [5.41, 5.74) is 2.30. The molecule has 4 rings (SSSR count). The molecule has 152 valence electrons. The predicted molar refractivity (Wildman–Crippen MR) is 111 cm³/mol. The van der Waals surface area contributed by atoms with E-state index in [4.69, 9.17) is 0 Å². The van der Waals surface area contributed by atoms with E-state index in [1.54, 1.807) is 29.2 Å². The van der Waals surface area contributed by atoms with Crippen molar-refractivity contribution >= 4 is 17.6 Å². The number of benzene rings is 2. The molecule has 1 aliphatic heterocycles. The quantitative estimate of drug-likeness (QED) is 0.804. The first-order chi connectivity index (χ1) is 14.1. The molecule has 29 heavy (non-hydrogen) atoms. The molecule has 2 aliphatic rings. The fourth-order valence-corrected chi connectivity index (χ4v) is 4.46. The second-order valence-corrected chi connectivity index (χ2v) is 7.96. The van der Waals surface area contributed by atoms with Crippen molar-refractivity contribution in [2.75, 3.05) is 24.5 Å². The Morgan fingerprint density at radius 1 is 1.03 bits per heavy atom. The van der Waals surface area contributed by atoms with E-state index < -0.39 is 0 Å². The first-order valence-electron chi connectivity index (χ1n) is 10.3. The molecule has 1 saturated heterocycles. The Bertz CT molecular complexity index is 874. The zero-order valence-corrected chi connectivity index (χ0v) is 16.4. The summed E-state index contributed by atoms with van der Waals surface area (Å²) in [5, 5.41) is 5.86. The van der Waals surface area contributed by atoms with Crippen LogP contribution in [0.1, 0.15) is 48.0 Å². The molecule has 2 aromatic carbocycles. The van der Waals surface area contributed by atoms with Crippen LogP contribution in [0.25, 0.3) is 0 Å². The maximum atomic E-state index is 13.4. The van der Waals surface area contributed by atoms with Crippen LogP contribution in [0, 0.1) is 5.82 Å². The summed E-state index contributed by atoms with van der Waals surface area (Å²) in [6, 6.07) is 13.7. The highest BCUT2D eigenvalue weighted by Gasteiger charge is 2.34. The first kappa shape index (κ1) is 19.4. The minimum absolute atomic E-state index is 0.110.